The fourth-order valence-electron chi connectivity index (χ4n) is 0.498. The fraction of sp³-hybridized carbons (Fsp3) is 0.400. The molecule has 0 aliphatic rings. The summed E-state index contributed by atoms with van der Waals surface area (Å²) in [6.45, 7) is -0.329. The molecule has 68 valence electrons. The van der Waals surface area contributed by atoms with E-state index in [1.807, 2.05) is 0 Å². The first-order valence-corrected chi connectivity index (χ1v) is 4.71. The van der Waals surface area contributed by atoms with Crippen molar-refractivity contribution >= 4 is 10.1 Å². The van der Waals surface area contributed by atoms with Gasteiger partial charge in [0.05, 0.1) is 6.26 Å². The van der Waals surface area contributed by atoms with Gasteiger partial charge >= 0.3 is 5.82 Å². The lowest BCUT2D eigenvalue weighted by Gasteiger charge is -1.94. The Morgan fingerprint density at radius 3 is 2.67 bits per heavy atom. The van der Waals surface area contributed by atoms with E-state index in [1.165, 1.54) is 0 Å². The maximum absolute atomic E-state index is 10.4. The minimum absolute atomic E-state index is 0.0328. The first-order valence-electron chi connectivity index (χ1n) is 2.89. The highest BCUT2D eigenvalue weighted by Gasteiger charge is 2.06. The standard InChI is InChI=1S/C5H6O6S/c1-12(7,8)10-3-4-2-9-5(6)11-4/h2H,3H2,1H3. The minimum atomic E-state index is -3.52. The largest absolute Gasteiger partial charge is 0.518 e. The van der Waals surface area contributed by atoms with Crippen LogP contribution in [0.5, 0.6) is 0 Å². The molecule has 12 heavy (non-hydrogen) atoms. The van der Waals surface area contributed by atoms with Gasteiger partial charge < -0.3 is 8.83 Å². The van der Waals surface area contributed by atoms with Crippen LogP contribution in [0.2, 0.25) is 0 Å². The fourth-order valence-corrected chi connectivity index (χ4v) is 0.828. The lowest BCUT2D eigenvalue weighted by molar-refractivity contribution is 0.269. The smallest absolute Gasteiger partial charge is 0.399 e. The van der Waals surface area contributed by atoms with Crippen molar-refractivity contribution in [1.82, 2.24) is 0 Å². The van der Waals surface area contributed by atoms with E-state index in [-0.39, 0.29) is 12.4 Å². The van der Waals surface area contributed by atoms with Crippen molar-refractivity contribution < 1.29 is 21.4 Å². The third-order valence-electron chi connectivity index (χ3n) is 0.916. The van der Waals surface area contributed by atoms with Crippen LogP contribution in [0.1, 0.15) is 5.76 Å². The monoisotopic (exact) mass is 194 g/mol. The van der Waals surface area contributed by atoms with Gasteiger partial charge in [0, 0.05) is 0 Å². The van der Waals surface area contributed by atoms with Gasteiger partial charge in [0.2, 0.25) is 0 Å². The van der Waals surface area contributed by atoms with Gasteiger partial charge in [-0.25, -0.2) is 4.79 Å². The summed E-state index contributed by atoms with van der Waals surface area (Å²) in [5.41, 5.74) is 0. The molecular formula is C5H6O6S. The lowest BCUT2D eigenvalue weighted by atomic mass is 10.6. The molecular weight excluding hydrogens is 188 g/mol. The molecule has 0 spiro atoms. The van der Waals surface area contributed by atoms with Crippen LogP contribution < -0.4 is 5.82 Å². The van der Waals surface area contributed by atoms with E-state index in [4.69, 9.17) is 0 Å². The summed E-state index contributed by atoms with van der Waals surface area (Å²) in [4.78, 5) is 10.3. The van der Waals surface area contributed by atoms with Crippen molar-refractivity contribution in [3.05, 3.63) is 22.6 Å². The van der Waals surface area contributed by atoms with Crippen LogP contribution in [0.3, 0.4) is 0 Å². The first kappa shape index (κ1) is 9.01. The van der Waals surface area contributed by atoms with E-state index in [9.17, 15) is 13.2 Å². The van der Waals surface area contributed by atoms with Crippen molar-refractivity contribution in [2.24, 2.45) is 0 Å². The Morgan fingerprint density at radius 2 is 2.25 bits per heavy atom. The van der Waals surface area contributed by atoms with Crippen LogP contribution >= 0.6 is 0 Å². The normalized spacial score (nSPS) is 11.8. The third kappa shape index (κ3) is 2.89. The molecule has 0 aromatic carbocycles. The van der Waals surface area contributed by atoms with Crippen LogP contribution in [0.4, 0.5) is 0 Å². The second-order valence-corrected chi connectivity index (χ2v) is 3.66. The molecule has 6 nitrogen and oxygen atoms in total. The third-order valence-corrected chi connectivity index (χ3v) is 1.46. The Labute approximate surface area is 67.9 Å². The highest BCUT2D eigenvalue weighted by molar-refractivity contribution is 7.85. The van der Waals surface area contributed by atoms with Gasteiger partial charge in [-0.3, -0.25) is 4.18 Å². The van der Waals surface area contributed by atoms with Crippen molar-refractivity contribution in [1.29, 1.82) is 0 Å². The van der Waals surface area contributed by atoms with Crippen LogP contribution in [0.15, 0.2) is 19.9 Å². The number of hydrogen-bond acceptors (Lipinski definition) is 6. The van der Waals surface area contributed by atoms with Gasteiger partial charge in [0.25, 0.3) is 10.1 Å². The summed E-state index contributed by atoms with van der Waals surface area (Å²) in [6, 6.07) is 0. The Balaban J connectivity index is 2.61. The molecule has 0 saturated carbocycles. The summed E-state index contributed by atoms with van der Waals surface area (Å²) in [7, 11) is -3.52. The average molecular weight is 194 g/mol. The summed E-state index contributed by atoms with van der Waals surface area (Å²) in [5.74, 6) is -0.854. The van der Waals surface area contributed by atoms with E-state index in [1.54, 1.807) is 0 Å². The van der Waals surface area contributed by atoms with Crippen molar-refractivity contribution in [3.63, 3.8) is 0 Å². The zero-order chi connectivity index (χ0) is 9.19. The zero-order valence-electron chi connectivity index (χ0n) is 6.14. The van der Waals surface area contributed by atoms with Gasteiger partial charge in [-0.1, -0.05) is 0 Å². The topological polar surface area (TPSA) is 86.7 Å². The molecule has 0 saturated heterocycles. The molecule has 0 amide bonds. The first-order chi connectivity index (χ1) is 5.47. The van der Waals surface area contributed by atoms with E-state index in [0.29, 0.717) is 0 Å². The van der Waals surface area contributed by atoms with Gasteiger partial charge in [0.1, 0.15) is 12.9 Å². The van der Waals surface area contributed by atoms with E-state index in [2.05, 4.69) is 13.0 Å². The lowest BCUT2D eigenvalue weighted by Crippen LogP contribution is -2.02. The predicted octanol–water partition coefficient (Wildman–Crippen LogP) is -0.291. The highest BCUT2D eigenvalue weighted by Crippen LogP contribution is 2.00. The Bertz CT molecular complexity index is 396. The van der Waals surface area contributed by atoms with Crippen LogP contribution in [0.25, 0.3) is 0 Å². The average Bonchev–Trinajstić information content (AvgIpc) is 2.30. The Hall–Kier alpha value is -1.08. The minimum Gasteiger partial charge on any atom is -0.399 e. The SMILES string of the molecule is CS(=O)(=O)OCc1coc(=O)o1. The van der Waals surface area contributed by atoms with Crippen molar-refractivity contribution in [3.8, 4) is 0 Å². The molecule has 0 unspecified atom stereocenters. The van der Waals surface area contributed by atoms with Crippen molar-refractivity contribution in [2.45, 2.75) is 6.61 Å². The summed E-state index contributed by atoms with van der Waals surface area (Å²) < 4.78 is 33.8. The molecule has 1 aromatic heterocycles. The highest BCUT2D eigenvalue weighted by atomic mass is 32.2. The van der Waals surface area contributed by atoms with E-state index >= 15 is 0 Å². The predicted molar refractivity (Wildman–Crippen MR) is 36.9 cm³/mol. The molecule has 1 rings (SSSR count). The van der Waals surface area contributed by atoms with Gasteiger partial charge in [-0.15, -0.1) is 0 Å². The number of hydrogen-bond donors (Lipinski definition) is 0. The van der Waals surface area contributed by atoms with Crippen LogP contribution in [-0.4, -0.2) is 14.7 Å². The summed E-state index contributed by atoms with van der Waals surface area (Å²) in [6.07, 6.45) is 1.89. The molecule has 0 aliphatic carbocycles. The molecule has 0 bridgehead atoms. The van der Waals surface area contributed by atoms with E-state index in [0.717, 1.165) is 12.5 Å². The van der Waals surface area contributed by atoms with Gasteiger partial charge in [0.15, 0.2) is 5.76 Å². The molecule has 0 radical (unpaired) electrons. The second kappa shape index (κ2) is 3.11. The second-order valence-electron chi connectivity index (χ2n) is 2.02. The zero-order valence-corrected chi connectivity index (χ0v) is 6.96. The molecule has 0 aliphatic heterocycles. The van der Waals surface area contributed by atoms with Crippen molar-refractivity contribution in [2.75, 3.05) is 6.26 Å². The maximum Gasteiger partial charge on any atom is 0.518 e. The number of rotatable bonds is 3. The van der Waals surface area contributed by atoms with E-state index < -0.39 is 15.9 Å². The molecule has 1 aromatic rings. The maximum atomic E-state index is 10.4. The molecule has 0 N–H and O–H groups in total. The molecule has 0 fully saturated rings. The Morgan fingerprint density at radius 1 is 1.58 bits per heavy atom. The molecule has 7 heteroatoms. The van der Waals surface area contributed by atoms with Gasteiger partial charge in [-0.2, -0.15) is 8.42 Å². The summed E-state index contributed by atoms with van der Waals surface area (Å²) >= 11 is 0. The van der Waals surface area contributed by atoms with Crippen LogP contribution in [-0.2, 0) is 20.9 Å². The van der Waals surface area contributed by atoms with Gasteiger partial charge in [-0.05, 0) is 0 Å². The van der Waals surface area contributed by atoms with Crippen LogP contribution in [0, 0.1) is 0 Å². The quantitative estimate of drug-likeness (QED) is 0.614. The molecule has 1 heterocycles. The summed E-state index contributed by atoms with van der Waals surface area (Å²) in [5, 5.41) is 0. The molecule has 0 atom stereocenters. The Kier molecular flexibility index (Phi) is 2.34.